The highest BCUT2D eigenvalue weighted by Crippen LogP contribution is 2.28. The molecule has 0 fully saturated rings. The maximum atomic E-state index is 12.3. The molecule has 0 radical (unpaired) electrons. The average Bonchev–Trinajstić information content (AvgIpc) is 2.60. The van der Waals surface area contributed by atoms with Gasteiger partial charge in [0.2, 0.25) is 5.91 Å². The number of rotatable bonds is 3. The number of carbonyl (C=O) groups excluding carboxylic acids is 1. The summed E-state index contributed by atoms with van der Waals surface area (Å²) in [6, 6.07) is 3.83. The van der Waals surface area contributed by atoms with Crippen molar-refractivity contribution >= 4 is 11.7 Å². The van der Waals surface area contributed by atoms with Gasteiger partial charge < -0.3 is 9.80 Å². The Morgan fingerprint density at radius 1 is 1.29 bits per heavy atom. The van der Waals surface area contributed by atoms with E-state index in [1.807, 2.05) is 49.9 Å². The van der Waals surface area contributed by atoms with Crippen LogP contribution in [0.15, 0.2) is 24.5 Å². The van der Waals surface area contributed by atoms with E-state index in [2.05, 4.69) is 4.98 Å². The van der Waals surface area contributed by atoms with Crippen molar-refractivity contribution in [1.29, 1.82) is 0 Å². The van der Waals surface area contributed by atoms with Gasteiger partial charge in [-0.05, 0) is 18.6 Å². The molecule has 2 aromatic rings. The molecule has 1 aliphatic rings. The van der Waals surface area contributed by atoms with Crippen LogP contribution in [0, 0.1) is 5.92 Å². The lowest BCUT2D eigenvalue weighted by molar-refractivity contribution is -0.135. The first-order valence-corrected chi connectivity index (χ1v) is 8.23. The van der Waals surface area contributed by atoms with Gasteiger partial charge in [-0.2, -0.15) is 0 Å². The zero-order valence-corrected chi connectivity index (χ0v) is 14.7. The van der Waals surface area contributed by atoms with Gasteiger partial charge in [0.05, 0.1) is 12.2 Å². The summed E-state index contributed by atoms with van der Waals surface area (Å²) in [4.78, 5) is 29.9. The standard InChI is InChI=1S/C18H23N5O/c1-12(2)18(24)23-9-7-14-15(11-23)20-16(21-17(14)22(3)4)13-6-5-8-19-10-13/h5-6,8,10,12H,7,9,11H2,1-4H3. The van der Waals surface area contributed by atoms with E-state index in [-0.39, 0.29) is 11.8 Å². The summed E-state index contributed by atoms with van der Waals surface area (Å²) in [5.74, 6) is 1.76. The number of fused-ring (bicyclic) bond motifs is 1. The molecule has 1 aliphatic heterocycles. The van der Waals surface area contributed by atoms with E-state index in [0.29, 0.717) is 12.4 Å². The zero-order valence-electron chi connectivity index (χ0n) is 14.7. The lowest BCUT2D eigenvalue weighted by Crippen LogP contribution is -2.39. The van der Waals surface area contributed by atoms with Gasteiger partial charge in [-0.1, -0.05) is 13.8 Å². The molecule has 0 spiro atoms. The second-order valence-corrected chi connectivity index (χ2v) is 6.60. The molecule has 0 aliphatic carbocycles. The Hall–Kier alpha value is -2.50. The topological polar surface area (TPSA) is 62.2 Å². The summed E-state index contributed by atoms with van der Waals surface area (Å²) in [6.45, 7) is 5.14. The fraction of sp³-hybridized carbons (Fsp3) is 0.444. The lowest BCUT2D eigenvalue weighted by atomic mass is 10.0. The van der Waals surface area contributed by atoms with Gasteiger partial charge in [-0.15, -0.1) is 0 Å². The predicted molar refractivity (Wildman–Crippen MR) is 93.5 cm³/mol. The van der Waals surface area contributed by atoms with Gasteiger partial charge in [-0.3, -0.25) is 9.78 Å². The van der Waals surface area contributed by atoms with E-state index in [4.69, 9.17) is 9.97 Å². The van der Waals surface area contributed by atoms with Crippen molar-refractivity contribution in [2.75, 3.05) is 25.5 Å². The molecule has 0 aromatic carbocycles. The Labute approximate surface area is 142 Å². The highest BCUT2D eigenvalue weighted by molar-refractivity contribution is 5.78. The van der Waals surface area contributed by atoms with Crippen LogP contribution in [0.25, 0.3) is 11.4 Å². The quantitative estimate of drug-likeness (QED) is 0.865. The first-order valence-electron chi connectivity index (χ1n) is 8.23. The molecule has 126 valence electrons. The highest BCUT2D eigenvalue weighted by Gasteiger charge is 2.27. The summed E-state index contributed by atoms with van der Waals surface area (Å²) < 4.78 is 0. The number of nitrogens with zero attached hydrogens (tertiary/aromatic N) is 5. The van der Waals surface area contributed by atoms with E-state index in [1.54, 1.807) is 12.4 Å². The van der Waals surface area contributed by atoms with E-state index in [9.17, 15) is 4.79 Å². The van der Waals surface area contributed by atoms with Crippen LogP contribution in [-0.2, 0) is 17.8 Å². The Bertz CT molecular complexity index is 743. The average molecular weight is 325 g/mol. The van der Waals surface area contributed by atoms with E-state index >= 15 is 0 Å². The molecule has 0 bridgehead atoms. The molecule has 0 unspecified atom stereocenters. The fourth-order valence-electron chi connectivity index (χ4n) is 2.96. The predicted octanol–water partition coefficient (Wildman–Crippen LogP) is 2.15. The Morgan fingerprint density at radius 2 is 2.08 bits per heavy atom. The molecule has 6 nitrogen and oxygen atoms in total. The zero-order chi connectivity index (χ0) is 17.3. The molecule has 0 N–H and O–H groups in total. The molecule has 6 heteroatoms. The Morgan fingerprint density at radius 3 is 2.71 bits per heavy atom. The number of hydrogen-bond acceptors (Lipinski definition) is 5. The Kier molecular flexibility index (Phi) is 4.46. The van der Waals surface area contributed by atoms with E-state index in [1.165, 1.54) is 0 Å². The van der Waals surface area contributed by atoms with Crippen LogP contribution < -0.4 is 4.90 Å². The molecule has 0 saturated carbocycles. The monoisotopic (exact) mass is 325 g/mol. The van der Waals surface area contributed by atoms with Crippen molar-refractivity contribution in [3.05, 3.63) is 35.8 Å². The summed E-state index contributed by atoms with van der Waals surface area (Å²) in [6.07, 6.45) is 4.29. The summed E-state index contributed by atoms with van der Waals surface area (Å²) in [7, 11) is 3.97. The third kappa shape index (κ3) is 3.09. The van der Waals surface area contributed by atoms with Crippen molar-refractivity contribution in [3.8, 4) is 11.4 Å². The molecular formula is C18H23N5O. The number of pyridine rings is 1. The van der Waals surface area contributed by atoms with Gasteiger partial charge in [-0.25, -0.2) is 9.97 Å². The maximum Gasteiger partial charge on any atom is 0.225 e. The van der Waals surface area contributed by atoms with Crippen LogP contribution in [0.1, 0.15) is 25.1 Å². The van der Waals surface area contributed by atoms with Gasteiger partial charge in [0.15, 0.2) is 5.82 Å². The number of anilines is 1. The highest BCUT2D eigenvalue weighted by atomic mass is 16.2. The van der Waals surface area contributed by atoms with E-state index in [0.717, 1.165) is 35.6 Å². The molecule has 3 rings (SSSR count). The number of hydrogen-bond donors (Lipinski definition) is 0. The second-order valence-electron chi connectivity index (χ2n) is 6.60. The molecule has 0 atom stereocenters. The minimum absolute atomic E-state index is 0.000463. The molecule has 0 saturated heterocycles. The van der Waals surface area contributed by atoms with Crippen LogP contribution in [0.5, 0.6) is 0 Å². The van der Waals surface area contributed by atoms with Gasteiger partial charge in [0.25, 0.3) is 0 Å². The molecule has 1 amide bonds. The second kappa shape index (κ2) is 6.55. The number of carbonyl (C=O) groups is 1. The fourth-order valence-corrected chi connectivity index (χ4v) is 2.96. The van der Waals surface area contributed by atoms with Crippen molar-refractivity contribution < 1.29 is 4.79 Å². The molecule has 2 aromatic heterocycles. The van der Waals surface area contributed by atoms with Crippen LogP contribution in [0.3, 0.4) is 0 Å². The largest absolute Gasteiger partial charge is 0.362 e. The maximum absolute atomic E-state index is 12.3. The lowest BCUT2D eigenvalue weighted by Gasteiger charge is -2.31. The summed E-state index contributed by atoms with van der Waals surface area (Å²) >= 11 is 0. The smallest absolute Gasteiger partial charge is 0.225 e. The van der Waals surface area contributed by atoms with Crippen molar-refractivity contribution in [2.45, 2.75) is 26.8 Å². The minimum Gasteiger partial charge on any atom is -0.362 e. The van der Waals surface area contributed by atoms with Gasteiger partial charge in [0.1, 0.15) is 5.82 Å². The van der Waals surface area contributed by atoms with Crippen LogP contribution >= 0.6 is 0 Å². The van der Waals surface area contributed by atoms with Gasteiger partial charge >= 0.3 is 0 Å². The first-order chi connectivity index (χ1) is 11.5. The molecule has 3 heterocycles. The van der Waals surface area contributed by atoms with Crippen molar-refractivity contribution in [3.63, 3.8) is 0 Å². The SMILES string of the molecule is CC(C)C(=O)N1CCc2c(nc(-c3cccnc3)nc2N(C)C)C1. The summed E-state index contributed by atoms with van der Waals surface area (Å²) in [5.41, 5.74) is 2.96. The Balaban J connectivity index is 2.04. The number of aromatic nitrogens is 3. The van der Waals surface area contributed by atoms with Crippen LogP contribution in [-0.4, -0.2) is 46.4 Å². The molecular weight excluding hydrogens is 302 g/mol. The number of amides is 1. The van der Waals surface area contributed by atoms with Crippen LogP contribution in [0.4, 0.5) is 5.82 Å². The van der Waals surface area contributed by atoms with Crippen molar-refractivity contribution in [2.24, 2.45) is 5.92 Å². The normalized spacial score (nSPS) is 13.8. The van der Waals surface area contributed by atoms with Crippen LogP contribution in [0.2, 0.25) is 0 Å². The summed E-state index contributed by atoms with van der Waals surface area (Å²) in [5, 5.41) is 0. The van der Waals surface area contributed by atoms with E-state index < -0.39 is 0 Å². The first kappa shape index (κ1) is 16.4. The van der Waals surface area contributed by atoms with Gasteiger partial charge in [0, 0.05) is 50.1 Å². The third-order valence-corrected chi connectivity index (χ3v) is 4.19. The third-order valence-electron chi connectivity index (χ3n) is 4.19. The minimum atomic E-state index is -0.000463. The molecule has 24 heavy (non-hydrogen) atoms. The van der Waals surface area contributed by atoms with Crippen molar-refractivity contribution in [1.82, 2.24) is 19.9 Å².